The monoisotopic (exact) mass is 268 g/mol. The van der Waals surface area contributed by atoms with Crippen LogP contribution >= 0.6 is 0 Å². The van der Waals surface area contributed by atoms with E-state index in [-0.39, 0.29) is 5.92 Å². The number of ether oxygens (including phenoxy) is 1. The highest BCUT2D eigenvalue weighted by molar-refractivity contribution is 5.79. The second-order valence-corrected chi connectivity index (χ2v) is 5.99. The van der Waals surface area contributed by atoms with Gasteiger partial charge in [-0.05, 0) is 44.9 Å². The van der Waals surface area contributed by atoms with Gasteiger partial charge in [0.15, 0.2) is 0 Å². The van der Waals surface area contributed by atoms with Gasteiger partial charge in [-0.3, -0.25) is 4.79 Å². The van der Waals surface area contributed by atoms with Gasteiger partial charge in [0.1, 0.15) is 0 Å². The number of carbonyl (C=O) groups is 1. The van der Waals surface area contributed by atoms with E-state index in [9.17, 15) is 4.79 Å². The van der Waals surface area contributed by atoms with Gasteiger partial charge < -0.3 is 15.4 Å². The van der Waals surface area contributed by atoms with Crippen molar-refractivity contribution < 1.29 is 9.53 Å². The first-order valence-electron chi connectivity index (χ1n) is 7.86. The maximum atomic E-state index is 12.7. The number of nitrogens with two attached hydrogens (primary N) is 1. The lowest BCUT2D eigenvalue weighted by molar-refractivity contribution is -0.141. The van der Waals surface area contributed by atoms with E-state index < -0.39 is 0 Å². The Morgan fingerprint density at radius 1 is 1.16 bits per heavy atom. The minimum atomic E-state index is 0.191. The molecule has 2 rings (SSSR count). The van der Waals surface area contributed by atoms with Crippen LogP contribution in [-0.2, 0) is 9.53 Å². The zero-order valence-electron chi connectivity index (χ0n) is 12.1. The Morgan fingerprint density at radius 3 is 2.37 bits per heavy atom. The molecule has 0 unspecified atom stereocenters. The molecule has 2 fully saturated rings. The molecule has 0 bridgehead atoms. The van der Waals surface area contributed by atoms with Crippen LogP contribution in [0, 0.1) is 5.92 Å². The van der Waals surface area contributed by atoms with Crippen molar-refractivity contribution in [3.05, 3.63) is 0 Å². The van der Waals surface area contributed by atoms with Crippen LogP contribution in [0.1, 0.15) is 51.9 Å². The zero-order chi connectivity index (χ0) is 13.7. The summed E-state index contributed by atoms with van der Waals surface area (Å²) in [4.78, 5) is 14.9. The van der Waals surface area contributed by atoms with Gasteiger partial charge in [0.2, 0.25) is 5.91 Å². The van der Waals surface area contributed by atoms with Crippen molar-refractivity contribution in [1.82, 2.24) is 4.90 Å². The van der Waals surface area contributed by atoms with E-state index in [4.69, 9.17) is 10.5 Å². The number of hydrogen-bond donors (Lipinski definition) is 1. The molecule has 4 nitrogen and oxygen atoms in total. The number of amides is 1. The molecule has 0 spiro atoms. The lowest BCUT2D eigenvalue weighted by Crippen LogP contribution is -2.47. The summed E-state index contributed by atoms with van der Waals surface area (Å²) in [7, 11) is 0. The van der Waals surface area contributed by atoms with E-state index in [1.54, 1.807) is 0 Å². The average Bonchev–Trinajstić information content (AvgIpc) is 2.46. The molecule has 110 valence electrons. The fourth-order valence-electron chi connectivity index (χ4n) is 3.31. The highest BCUT2D eigenvalue weighted by Crippen LogP contribution is 2.26. The lowest BCUT2D eigenvalue weighted by atomic mass is 9.89. The van der Waals surface area contributed by atoms with Crippen molar-refractivity contribution in [1.29, 1.82) is 0 Å². The number of rotatable bonds is 4. The maximum Gasteiger partial charge on any atom is 0.226 e. The van der Waals surface area contributed by atoms with Gasteiger partial charge in [0.05, 0.1) is 0 Å². The van der Waals surface area contributed by atoms with E-state index >= 15 is 0 Å². The lowest BCUT2D eigenvalue weighted by Gasteiger charge is -2.38. The predicted molar refractivity (Wildman–Crippen MR) is 75.8 cm³/mol. The van der Waals surface area contributed by atoms with Crippen LogP contribution in [0.25, 0.3) is 0 Å². The van der Waals surface area contributed by atoms with Crippen LogP contribution in [0.15, 0.2) is 0 Å². The summed E-state index contributed by atoms with van der Waals surface area (Å²) >= 11 is 0. The normalized spacial score (nSPS) is 29.2. The molecule has 1 aliphatic heterocycles. The Balaban J connectivity index is 1.95. The molecule has 2 N–H and O–H groups in total. The van der Waals surface area contributed by atoms with Crippen molar-refractivity contribution in [3.63, 3.8) is 0 Å². The van der Waals surface area contributed by atoms with Crippen LogP contribution in [-0.4, -0.2) is 42.6 Å². The van der Waals surface area contributed by atoms with E-state index in [1.807, 2.05) is 0 Å². The van der Waals surface area contributed by atoms with Gasteiger partial charge in [0.25, 0.3) is 0 Å². The Morgan fingerprint density at radius 2 is 1.79 bits per heavy atom. The first-order chi connectivity index (χ1) is 9.22. The summed E-state index contributed by atoms with van der Waals surface area (Å²) in [5.74, 6) is 0.557. The number of carbonyl (C=O) groups excluding carboxylic acids is 1. The standard InChI is InChI=1S/C15H28N2O2/c1-2-9-17(14-5-3-13(16)4-6-14)15(18)12-7-10-19-11-8-12/h12-14H,2-11,16H2,1H3. The molecule has 2 aliphatic rings. The molecule has 19 heavy (non-hydrogen) atoms. The highest BCUT2D eigenvalue weighted by atomic mass is 16.5. The molecule has 0 aromatic heterocycles. The van der Waals surface area contributed by atoms with E-state index in [2.05, 4.69) is 11.8 Å². The van der Waals surface area contributed by atoms with Crippen molar-refractivity contribution in [2.75, 3.05) is 19.8 Å². The molecule has 1 saturated heterocycles. The van der Waals surface area contributed by atoms with Crippen LogP contribution < -0.4 is 5.73 Å². The van der Waals surface area contributed by atoms with Crippen molar-refractivity contribution in [2.24, 2.45) is 11.7 Å². The molecular weight excluding hydrogens is 240 g/mol. The van der Waals surface area contributed by atoms with E-state index in [0.717, 1.165) is 64.7 Å². The summed E-state index contributed by atoms with van der Waals surface area (Å²) in [5.41, 5.74) is 5.97. The van der Waals surface area contributed by atoms with Crippen LogP contribution in [0.4, 0.5) is 0 Å². The van der Waals surface area contributed by atoms with E-state index in [0.29, 0.717) is 18.0 Å². The third kappa shape index (κ3) is 3.93. The molecule has 4 heteroatoms. The Labute approximate surface area is 116 Å². The molecule has 0 aromatic rings. The first-order valence-corrected chi connectivity index (χ1v) is 7.86. The minimum absolute atomic E-state index is 0.191. The van der Waals surface area contributed by atoms with Crippen LogP contribution in [0.2, 0.25) is 0 Å². The molecule has 1 amide bonds. The van der Waals surface area contributed by atoms with Gasteiger partial charge in [-0.2, -0.15) is 0 Å². The molecule has 0 aromatic carbocycles. The molecular formula is C15H28N2O2. The van der Waals surface area contributed by atoms with Gasteiger partial charge in [-0.25, -0.2) is 0 Å². The van der Waals surface area contributed by atoms with Gasteiger partial charge >= 0.3 is 0 Å². The fourth-order valence-corrected chi connectivity index (χ4v) is 3.31. The summed E-state index contributed by atoms with van der Waals surface area (Å²) in [6, 6.07) is 0.771. The Hall–Kier alpha value is -0.610. The maximum absolute atomic E-state index is 12.7. The summed E-state index contributed by atoms with van der Waals surface area (Å²) in [6.45, 7) is 4.53. The second kappa shape index (κ2) is 7.25. The third-order valence-corrected chi connectivity index (χ3v) is 4.50. The van der Waals surface area contributed by atoms with Crippen molar-refractivity contribution >= 4 is 5.91 Å². The van der Waals surface area contributed by atoms with Crippen molar-refractivity contribution in [3.8, 4) is 0 Å². The first kappa shape index (κ1) is 14.8. The third-order valence-electron chi connectivity index (χ3n) is 4.50. The fraction of sp³-hybridized carbons (Fsp3) is 0.933. The number of hydrogen-bond acceptors (Lipinski definition) is 3. The van der Waals surface area contributed by atoms with Crippen LogP contribution in [0.3, 0.4) is 0 Å². The molecule has 0 atom stereocenters. The largest absolute Gasteiger partial charge is 0.381 e. The average molecular weight is 268 g/mol. The summed E-state index contributed by atoms with van der Waals surface area (Å²) in [5, 5.41) is 0. The second-order valence-electron chi connectivity index (χ2n) is 5.99. The number of nitrogens with zero attached hydrogens (tertiary/aromatic N) is 1. The molecule has 1 heterocycles. The van der Waals surface area contributed by atoms with E-state index in [1.165, 1.54) is 0 Å². The van der Waals surface area contributed by atoms with Gasteiger partial charge in [-0.15, -0.1) is 0 Å². The van der Waals surface area contributed by atoms with Crippen molar-refractivity contribution in [2.45, 2.75) is 64.0 Å². The summed E-state index contributed by atoms with van der Waals surface area (Å²) in [6.07, 6.45) is 7.11. The molecule has 1 saturated carbocycles. The summed E-state index contributed by atoms with van der Waals surface area (Å²) < 4.78 is 5.36. The predicted octanol–water partition coefficient (Wildman–Crippen LogP) is 1.92. The zero-order valence-corrected chi connectivity index (χ0v) is 12.1. The Kier molecular flexibility index (Phi) is 5.64. The quantitative estimate of drug-likeness (QED) is 0.847. The minimum Gasteiger partial charge on any atom is -0.381 e. The highest BCUT2D eigenvalue weighted by Gasteiger charge is 2.32. The Bertz CT molecular complexity index is 282. The SMILES string of the molecule is CCCN(C(=O)C1CCOCC1)C1CCC(N)CC1. The van der Waals surface area contributed by atoms with Crippen LogP contribution in [0.5, 0.6) is 0 Å². The van der Waals surface area contributed by atoms with Gasteiger partial charge in [0, 0.05) is 37.8 Å². The topological polar surface area (TPSA) is 55.6 Å². The molecule has 1 aliphatic carbocycles. The smallest absolute Gasteiger partial charge is 0.226 e. The van der Waals surface area contributed by atoms with Gasteiger partial charge in [-0.1, -0.05) is 6.92 Å². The molecule has 0 radical (unpaired) electrons.